The van der Waals surface area contributed by atoms with Crippen LogP contribution in [-0.2, 0) is 11.3 Å². The van der Waals surface area contributed by atoms with Gasteiger partial charge < -0.3 is 19.5 Å². The van der Waals surface area contributed by atoms with E-state index in [4.69, 9.17) is 4.74 Å². The summed E-state index contributed by atoms with van der Waals surface area (Å²) in [6.07, 6.45) is 13.3. The molecule has 172 valence electrons. The molecule has 1 N–H and O–H groups in total. The first-order valence-electron chi connectivity index (χ1n) is 11.9. The lowest BCUT2D eigenvalue weighted by molar-refractivity contribution is -0.133. The minimum Gasteiger partial charge on any atom is -0.493 e. The van der Waals surface area contributed by atoms with E-state index in [1.54, 1.807) is 12.5 Å². The monoisotopic (exact) mass is 438 g/mol. The molecular formula is C25H34N4O3. The van der Waals surface area contributed by atoms with Crippen molar-refractivity contribution in [2.24, 2.45) is 5.41 Å². The van der Waals surface area contributed by atoms with E-state index in [1.807, 2.05) is 39.9 Å². The molecule has 2 aliphatic rings. The average molecular weight is 439 g/mol. The molecule has 2 amide bonds. The van der Waals surface area contributed by atoms with Gasteiger partial charge in [0.2, 0.25) is 5.91 Å². The molecule has 1 aromatic heterocycles. The summed E-state index contributed by atoms with van der Waals surface area (Å²) in [7, 11) is 0. The molecule has 0 radical (unpaired) electrons. The minimum atomic E-state index is -0.0712. The lowest BCUT2D eigenvalue weighted by Gasteiger charge is -2.42. The molecule has 1 aromatic carbocycles. The van der Waals surface area contributed by atoms with Crippen LogP contribution in [-0.4, -0.2) is 52.5 Å². The van der Waals surface area contributed by atoms with Crippen molar-refractivity contribution in [3.05, 3.63) is 48.5 Å². The van der Waals surface area contributed by atoms with Gasteiger partial charge in [-0.2, -0.15) is 0 Å². The number of para-hydroxylation sites is 1. The third-order valence-corrected chi connectivity index (χ3v) is 6.93. The van der Waals surface area contributed by atoms with Gasteiger partial charge in [0, 0.05) is 45.0 Å². The lowest BCUT2D eigenvalue weighted by atomic mass is 9.74. The number of amides is 2. The number of nitrogens with zero attached hydrogens (tertiary/aromatic N) is 3. The summed E-state index contributed by atoms with van der Waals surface area (Å²) in [4.78, 5) is 31.7. The van der Waals surface area contributed by atoms with Crippen molar-refractivity contribution >= 4 is 11.8 Å². The third kappa shape index (κ3) is 5.69. The first kappa shape index (κ1) is 22.4. The fraction of sp³-hybridized carbons (Fsp3) is 0.560. The number of nitrogens with one attached hydrogen (secondary N) is 1. The van der Waals surface area contributed by atoms with Crippen LogP contribution >= 0.6 is 0 Å². The van der Waals surface area contributed by atoms with E-state index in [0.29, 0.717) is 37.4 Å². The van der Waals surface area contributed by atoms with Crippen molar-refractivity contribution in [3.8, 4) is 5.75 Å². The molecule has 1 fully saturated rings. The van der Waals surface area contributed by atoms with Crippen molar-refractivity contribution < 1.29 is 14.3 Å². The highest BCUT2D eigenvalue weighted by atomic mass is 16.5. The van der Waals surface area contributed by atoms with Gasteiger partial charge in [-0.3, -0.25) is 9.59 Å². The number of hydrogen-bond acceptors (Lipinski definition) is 4. The van der Waals surface area contributed by atoms with Crippen LogP contribution in [0.5, 0.6) is 5.75 Å². The molecule has 3 heterocycles. The number of benzene rings is 1. The number of hydrogen-bond donors (Lipinski definition) is 1. The summed E-state index contributed by atoms with van der Waals surface area (Å²) in [5, 5.41) is 3.19. The van der Waals surface area contributed by atoms with Crippen LogP contribution in [0, 0.1) is 5.41 Å². The van der Waals surface area contributed by atoms with Gasteiger partial charge in [0.05, 0.1) is 18.5 Å². The van der Waals surface area contributed by atoms with Crippen LogP contribution in [0.3, 0.4) is 0 Å². The first-order valence-corrected chi connectivity index (χ1v) is 11.9. The number of piperidine rings is 1. The molecule has 4 rings (SSSR count). The van der Waals surface area contributed by atoms with E-state index in [9.17, 15) is 9.59 Å². The SMILES string of the molecule is O=C1NCC2(CCCCCCOc3ccccc31)CCN(C(=O)CCn1ccnc1)CC2. The number of carbonyl (C=O) groups excluding carboxylic acids is 2. The largest absolute Gasteiger partial charge is 0.493 e. The van der Waals surface area contributed by atoms with Gasteiger partial charge in [-0.05, 0) is 43.2 Å². The van der Waals surface area contributed by atoms with Crippen molar-refractivity contribution in [1.29, 1.82) is 0 Å². The van der Waals surface area contributed by atoms with E-state index in [2.05, 4.69) is 10.3 Å². The number of ether oxygens (including phenoxy) is 1. The molecule has 2 aliphatic heterocycles. The molecule has 1 spiro atoms. The maximum atomic E-state index is 12.9. The molecule has 0 atom stereocenters. The Balaban J connectivity index is 1.37. The molecule has 0 aliphatic carbocycles. The molecule has 0 bridgehead atoms. The molecule has 0 saturated carbocycles. The molecule has 7 heteroatoms. The van der Waals surface area contributed by atoms with Gasteiger partial charge in [-0.25, -0.2) is 4.98 Å². The Kier molecular flexibility index (Phi) is 7.45. The molecule has 1 saturated heterocycles. The summed E-state index contributed by atoms with van der Waals surface area (Å²) in [6, 6.07) is 7.49. The van der Waals surface area contributed by atoms with Crippen LogP contribution in [0.4, 0.5) is 0 Å². The van der Waals surface area contributed by atoms with Crippen LogP contribution in [0.2, 0.25) is 0 Å². The third-order valence-electron chi connectivity index (χ3n) is 6.93. The number of fused-ring (bicyclic) bond motifs is 1. The number of aryl methyl sites for hydroxylation is 1. The predicted molar refractivity (Wildman–Crippen MR) is 122 cm³/mol. The van der Waals surface area contributed by atoms with Gasteiger partial charge in [-0.1, -0.05) is 31.4 Å². The normalized spacial score (nSPS) is 19.6. The van der Waals surface area contributed by atoms with Crippen molar-refractivity contribution in [2.45, 2.75) is 57.9 Å². The average Bonchev–Trinajstić information content (AvgIpc) is 3.35. The summed E-state index contributed by atoms with van der Waals surface area (Å²) >= 11 is 0. The van der Waals surface area contributed by atoms with E-state index >= 15 is 0 Å². The Bertz CT molecular complexity index is 888. The Morgan fingerprint density at radius 1 is 1.09 bits per heavy atom. The van der Waals surface area contributed by atoms with Crippen molar-refractivity contribution in [2.75, 3.05) is 26.2 Å². The molecule has 7 nitrogen and oxygen atoms in total. The molecule has 0 unspecified atom stereocenters. The highest BCUT2D eigenvalue weighted by Crippen LogP contribution is 2.37. The molecule has 32 heavy (non-hydrogen) atoms. The Morgan fingerprint density at radius 3 is 2.72 bits per heavy atom. The second kappa shape index (κ2) is 10.7. The topological polar surface area (TPSA) is 76.5 Å². The molecular weight excluding hydrogens is 404 g/mol. The van der Waals surface area contributed by atoms with Gasteiger partial charge in [-0.15, -0.1) is 0 Å². The Morgan fingerprint density at radius 2 is 1.91 bits per heavy atom. The van der Waals surface area contributed by atoms with Crippen molar-refractivity contribution in [3.63, 3.8) is 0 Å². The standard InChI is InChI=1S/C25H34N4O3/c30-23(9-14-28-17-13-26-20-28)29-15-11-25(12-16-29)10-5-1-2-6-18-32-22-8-4-3-7-21(22)24(31)27-19-25/h3-4,7-8,13,17,20H,1-2,5-6,9-12,14-16,18-19H2,(H,27,31). The number of rotatable bonds is 3. The molecule has 2 aromatic rings. The van der Waals surface area contributed by atoms with Crippen molar-refractivity contribution in [1.82, 2.24) is 19.8 Å². The van der Waals surface area contributed by atoms with Crippen LogP contribution in [0.1, 0.15) is 61.7 Å². The predicted octanol–water partition coefficient (Wildman–Crippen LogP) is 3.65. The van der Waals surface area contributed by atoms with Gasteiger partial charge in [0.1, 0.15) is 5.75 Å². The van der Waals surface area contributed by atoms with Gasteiger partial charge in [0.25, 0.3) is 5.91 Å². The quantitative estimate of drug-likeness (QED) is 0.794. The second-order valence-electron chi connectivity index (χ2n) is 9.12. The Labute approximate surface area is 190 Å². The number of carbonyl (C=O) groups is 2. The summed E-state index contributed by atoms with van der Waals surface area (Å²) < 4.78 is 7.83. The van der Waals surface area contributed by atoms with Gasteiger partial charge >= 0.3 is 0 Å². The minimum absolute atomic E-state index is 0.0562. The highest BCUT2D eigenvalue weighted by molar-refractivity contribution is 5.96. The van der Waals surface area contributed by atoms with E-state index < -0.39 is 0 Å². The zero-order chi connectivity index (χ0) is 22.2. The summed E-state index contributed by atoms with van der Waals surface area (Å²) in [5.41, 5.74) is 0.662. The Hall–Kier alpha value is -2.83. The van der Waals surface area contributed by atoms with E-state index in [0.717, 1.165) is 51.6 Å². The van der Waals surface area contributed by atoms with E-state index in [1.165, 1.54) is 6.42 Å². The highest BCUT2D eigenvalue weighted by Gasteiger charge is 2.36. The van der Waals surface area contributed by atoms with Gasteiger partial charge in [0.15, 0.2) is 0 Å². The zero-order valence-electron chi connectivity index (χ0n) is 18.8. The second-order valence-corrected chi connectivity index (χ2v) is 9.12. The smallest absolute Gasteiger partial charge is 0.255 e. The van der Waals surface area contributed by atoms with Crippen LogP contribution in [0.15, 0.2) is 43.0 Å². The van der Waals surface area contributed by atoms with Crippen LogP contribution < -0.4 is 10.1 Å². The first-order chi connectivity index (χ1) is 15.7. The maximum absolute atomic E-state index is 12.9. The summed E-state index contributed by atoms with van der Waals surface area (Å²) in [5.74, 6) is 0.794. The van der Waals surface area contributed by atoms with Crippen LogP contribution in [0.25, 0.3) is 0 Å². The zero-order valence-corrected chi connectivity index (χ0v) is 18.8. The number of imidazole rings is 1. The number of aromatic nitrogens is 2. The maximum Gasteiger partial charge on any atom is 0.255 e. The number of likely N-dealkylation sites (tertiary alicyclic amines) is 1. The fourth-order valence-electron chi connectivity index (χ4n) is 4.83. The lowest BCUT2D eigenvalue weighted by Crippen LogP contribution is -2.48. The van der Waals surface area contributed by atoms with E-state index in [-0.39, 0.29) is 17.2 Å². The summed E-state index contributed by atoms with van der Waals surface area (Å²) in [6.45, 7) is 3.48. The fourth-order valence-corrected chi connectivity index (χ4v) is 4.83.